The van der Waals surface area contributed by atoms with Crippen LogP contribution in [0.1, 0.15) is 59.3 Å². The van der Waals surface area contributed by atoms with Gasteiger partial charge in [-0.1, -0.05) is 20.3 Å². The second-order valence-electron chi connectivity index (χ2n) is 7.78. The van der Waals surface area contributed by atoms with Crippen LogP contribution in [0.15, 0.2) is 0 Å². The van der Waals surface area contributed by atoms with Gasteiger partial charge in [-0.2, -0.15) is 0 Å². The lowest BCUT2D eigenvalue weighted by Gasteiger charge is -2.61. The first-order chi connectivity index (χ1) is 10.2. The summed E-state index contributed by atoms with van der Waals surface area (Å²) in [6.45, 7) is 11.6. The van der Waals surface area contributed by atoms with Gasteiger partial charge in [-0.15, -0.1) is 0 Å². The molecule has 3 aliphatic rings. The van der Waals surface area contributed by atoms with Crippen molar-refractivity contribution in [3.63, 3.8) is 0 Å². The maximum absolute atomic E-state index is 5.97. The molecule has 0 aromatic carbocycles. The largest absolute Gasteiger partial charge is 0.378 e. The Hall–Kier alpha value is -0.120. The van der Waals surface area contributed by atoms with E-state index in [1.54, 1.807) is 0 Å². The Kier molecular flexibility index (Phi) is 4.92. The number of hydrogen-bond acceptors (Lipinski definition) is 3. The second-order valence-corrected chi connectivity index (χ2v) is 7.78. The Morgan fingerprint density at radius 2 is 1.90 bits per heavy atom. The number of ether oxygens (including phenoxy) is 1. The van der Waals surface area contributed by atoms with Gasteiger partial charge in [-0.3, -0.25) is 4.90 Å². The normalized spacial score (nSPS) is 33.1. The molecular weight excluding hydrogens is 260 g/mol. The third-order valence-electron chi connectivity index (χ3n) is 6.39. The maximum Gasteiger partial charge on any atom is 0.0661 e. The summed E-state index contributed by atoms with van der Waals surface area (Å²) < 4.78 is 5.97. The molecule has 3 fully saturated rings. The zero-order valence-corrected chi connectivity index (χ0v) is 14.2. The minimum atomic E-state index is 0.503. The van der Waals surface area contributed by atoms with Crippen molar-refractivity contribution in [1.29, 1.82) is 0 Å². The quantitative estimate of drug-likeness (QED) is 0.781. The van der Waals surface area contributed by atoms with E-state index in [9.17, 15) is 0 Å². The number of nitrogens with zero attached hydrogens (tertiary/aromatic N) is 1. The van der Waals surface area contributed by atoms with Crippen molar-refractivity contribution in [3.05, 3.63) is 0 Å². The van der Waals surface area contributed by atoms with E-state index in [4.69, 9.17) is 4.74 Å². The van der Waals surface area contributed by atoms with Gasteiger partial charge in [0.25, 0.3) is 0 Å². The van der Waals surface area contributed by atoms with E-state index in [0.29, 0.717) is 17.6 Å². The summed E-state index contributed by atoms with van der Waals surface area (Å²) in [7, 11) is 0. The molecule has 0 aromatic rings. The van der Waals surface area contributed by atoms with E-state index < -0.39 is 0 Å². The van der Waals surface area contributed by atoms with E-state index in [1.165, 1.54) is 58.2 Å². The molecule has 0 radical (unpaired) electrons. The van der Waals surface area contributed by atoms with Crippen molar-refractivity contribution in [2.45, 2.75) is 77.5 Å². The summed E-state index contributed by atoms with van der Waals surface area (Å²) in [5.41, 5.74) is 0.503. The van der Waals surface area contributed by atoms with E-state index in [0.717, 1.165) is 18.6 Å². The highest BCUT2D eigenvalue weighted by Gasteiger charge is 2.58. The summed E-state index contributed by atoms with van der Waals surface area (Å²) >= 11 is 0. The molecule has 3 nitrogen and oxygen atoms in total. The Morgan fingerprint density at radius 3 is 2.43 bits per heavy atom. The molecule has 0 aromatic heterocycles. The van der Waals surface area contributed by atoms with Crippen molar-refractivity contribution in [1.82, 2.24) is 10.2 Å². The molecule has 3 rings (SSSR count). The van der Waals surface area contributed by atoms with Crippen LogP contribution in [-0.4, -0.2) is 49.3 Å². The molecule has 1 saturated heterocycles. The second kappa shape index (κ2) is 6.55. The van der Waals surface area contributed by atoms with Gasteiger partial charge in [-0.05, 0) is 58.0 Å². The van der Waals surface area contributed by atoms with Crippen molar-refractivity contribution in [2.75, 3.05) is 26.2 Å². The maximum atomic E-state index is 5.97. The molecule has 0 amide bonds. The highest BCUT2D eigenvalue weighted by molar-refractivity contribution is 5.12. The van der Waals surface area contributed by atoms with Gasteiger partial charge >= 0.3 is 0 Å². The lowest BCUT2D eigenvalue weighted by Crippen LogP contribution is -2.68. The molecule has 122 valence electrons. The number of hydrogen-bond donors (Lipinski definition) is 1. The Labute approximate surface area is 130 Å². The SMILES string of the molecule is CCOC1CC(NCC(C(C)C)N2CCCC2)C12CCC2. The average Bonchev–Trinajstić information content (AvgIpc) is 2.88. The van der Waals surface area contributed by atoms with Crippen LogP contribution < -0.4 is 5.32 Å². The molecule has 1 aliphatic heterocycles. The van der Waals surface area contributed by atoms with Crippen LogP contribution in [0.2, 0.25) is 0 Å². The van der Waals surface area contributed by atoms with Crippen LogP contribution in [0, 0.1) is 11.3 Å². The average molecular weight is 294 g/mol. The summed E-state index contributed by atoms with van der Waals surface area (Å²) in [4.78, 5) is 2.71. The molecule has 3 atom stereocenters. The Bertz CT molecular complexity index is 334. The molecular formula is C18H34N2O. The molecule has 2 saturated carbocycles. The Morgan fingerprint density at radius 1 is 1.19 bits per heavy atom. The molecule has 1 spiro atoms. The van der Waals surface area contributed by atoms with Gasteiger partial charge in [0.2, 0.25) is 0 Å². The zero-order chi connectivity index (χ0) is 14.9. The third-order valence-corrected chi connectivity index (χ3v) is 6.39. The van der Waals surface area contributed by atoms with Gasteiger partial charge in [0, 0.05) is 30.7 Å². The highest BCUT2D eigenvalue weighted by atomic mass is 16.5. The van der Waals surface area contributed by atoms with Crippen LogP contribution in [0.3, 0.4) is 0 Å². The topological polar surface area (TPSA) is 24.5 Å². The van der Waals surface area contributed by atoms with Crippen LogP contribution in [0.25, 0.3) is 0 Å². The van der Waals surface area contributed by atoms with E-state index in [1.807, 2.05) is 0 Å². The summed E-state index contributed by atoms with van der Waals surface area (Å²) in [6, 6.07) is 1.43. The number of rotatable bonds is 7. The fourth-order valence-electron chi connectivity index (χ4n) is 4.85. The van der Waals surface area contributed by atoms with Crippen LogP contribution in [0.5, 0.6) is 0 Å². The molecule has 1 N–H and O–H groups in total. The molecule has 3 unspecified atom stereocenters. The number of nitrogens with one attached hydrogen (secondary N) is 1. The minimum absolute atomic E-state index is 0.503. The summed E-state index contributed by atoms with van der Waals surface area (Å²) in [6.07, 6.45) is 8.72. The van der Waals surface area contributed by atoms with Gasteiger partial charge in [-0.25, -0.2) is 0 Å². The summed E-state index contributed by atoms with van der Waals surface area (Å²) in [5, 5.41) is 3.94. The lowest BCUT2D eigenvalue weighted by atomic mass is 9.51. The number of likely N-dealkylation sites (tertiary alicyclic amines) is 1. The van der Waals surface area contributed by atoms with Crippen LogP contribution in [0.4, 0.5) is 0 Å². The molecule has 2 aliphatic carbocycles. The van der Waals surface area contributed by atoms with Crippen molar-refractivity contribution in [3.8, 4) is 0 Å². The fourth-order valence-corrected chi connectivity index (χ4v) is 4.85. The van der Waals surface area contributed by atoms with Crippen molar-refractivity contribution < 1.29 is 4.74 Å². The van der Waals surface area contributed by atoms with Gasteiger partial charge in [0.15, 0.2) is 0 Å². The van der Waals surface area contributed by atoms with Crippen LogP contribution >= 0.6 is 0 Å². The van der Waals surface area contributed by atoms with Gasteiger partial charge in [0.1, 0.15) is 0 Å². The van der Waals surface area contributed by atoms with Crippen LogP contribution in [-0.2, 0) is 4.74 Å². The van der Waals surface area contributed by atoms with Gasteiger partial charge < -0.3 is 10.1 Å². The van der Waals surface area contributed by atoms with E-state index in [-0.39, 0.29) is 0 Å². The fraction of sp³-hybridized carbons (Fsp3) is 1.00. The van der Waals surface area contributed by atoms with Gasteiger partial charge in [0.05, 0.1) is 6.10 Å². The predicted octanol–water partition coefficient (Wildman–Crippen LogP) is 3.04. The Balaban J connectivity index is 1.52. The van der Waals surface area contributed by atoms with Crippen molar-refractivity contribution in [2.24, 2.45) is 11.3 Å². The van der Waals surface area contributed by atoms with E-state index in [2.05, 4.69) is 31.0 Å². The first-order valence-corrected chi connectivity index (χ1v) is 9.26. The molecule has 3 heteroatoms. The zero-order valence-electron chi connectivity index (χ0n) is 14.2. The first kappa shape index (κ1) is 15.8. The summed E-state index contributed by atoms with van der Waals surface area (Å²) in [5.74, 6) is 0.746. The molecule has 21 heavy (non-hydrogen) atoms. The third kappa shape index (κ3) is 2.89. The highest BCUT2D eigenvalue weighted by Crippen LogP contribution is 2.57. The predicted molar refractivity (Wildman–Crippen MR) is 87.5 cm³/mol. The smallest absolute Gasteiger partial charge is 0.0661 e. The van der Waals surface area contributed by atoms with Crippen molar-refractivity contribution >= 4 is 0 Å². The monoisotopic (exact) mass is 294 g/mol. The minimum Gasteiger partial charge on any atom is -0.378 e. The first-order valence-electron chi connectivity index (χ1n) is 9.26. The molecule has 1 heterocycles. The van der Waals surface area contributed by atoms with E-state index >= 15 is 0 Å². The lowest BCUT2D eigenvalue weighted by molar-refractivity contribution is -0.173. The molecule has 0 bridgehead atoms. The standard InChI is InChI=1S/C18H34N2O/c1-4-21-17-12-16(18(17)8-7-9-18)19-13-15(14(2)3)20-10-5-6-11-20/h14-17,19H,4-13H2,1-3H3.